The molecule has 0 spiro atoms. The van der Waals surface area contributed by atoms with E-state index in [0.29, 0.717) is 25.2 Å². The van der Waals surface area contributed by atoms with Crippen molar-refractivity contribution in [3.8, 4) is 5.75 Å². The summed E-state index contributed by atoms with van der Waals surface area (Å²) in [6.45, 7) is 5.41. The van der Waals surface area contributed by atoms with Gasteiger partial charge in [-0.25, -0.2) is 0 Å². The van der Waals surface area contributed by atoms with Crippen molar-refractivity contribution >= 4 is 35.8 Å². The fraction of sp³-hybridized carbons (Fsp3) is 0.556. The molecule has 0 radical (unpaired) electrons. The van der Waals surface area contributed by atoms with E-state index < -0.39 is 0 Å². The predicted octanol–water partition coefficient (Wildman–Crippen LogP) is 1.78. The Kier molecular flexibility index (Phi) is 11.0. The van der Waals surface area contributed by atoms with Crippen LogP contribution in [0.2, 0.25) is 0 Å². The number of benzene rings is 1. The Bertz CT molecular complexity index is 560. The van der Waals surface area contributed by atoms with Crippen molar-refractivity contribution in [2.75, 3.05) is 39.9 Å². The number of amides is 1. The molecular formula is C18H29IN4O3. The van der Waals surface area contributed by atoms with E-state index in [9.17, 15) is 4.79 Å². The van der Waals surface area contributed by atoms with Crippen LogP contribution in [0.1, 0.15) is 30.1 Å². The highest BCUT2D eigenvalue weighted by molar-refractivity contribution is 14.0. The number of guanidine groups is 1. The Balaban J connectivity index is 0.00000338. The van der Waals surface area contributed by atoms with Crippen molar-refractivity contribution in [2.24, 2.45) is 4.99 Å². The van der Waals surface area contributed by atoms with E-state index in [2.05, 4.69) is 20.9 Å². The van der Waals surface area contributed by atoms with Gasteiger partial charge in [-0.3, -0.25) is 9.79 Å². The number of rotatable bonds is 8. The van der Waals surface area contributed by atoms with Gasteiger partial charge in [0.15, 0.2) is 5.96 Å². The smallest absolute Gasteiger partial charge is 0.251 e. The number of nitrogens with one attached hydrogen (secondary N) is 3. The molecule has 3 N–H and O–H groups in total. The summed E-state index contributed by atoms with van der Waals surface area (Å²) in [6, 6.07) is 7.03. The number of halogens is 1. The van der Waals surface area contributed by atoms with Crippen LogP contribution in [0.3, 0.4) is 0 Å². The molecule has 1 heterocycles. The van der Waals surface area contributed by atoms with Crippen LogP contribution >= 0.6 is 24.0 Å². The van der Waals surface area contributed by atoms with Gasteiger partial charge in [-0.2, -0.15) is 0 Å². The number of methoxy groups -OCH3 is 1. The van der Waals surface area contributed by atoms with Gasteiger partial charge in [-0.1, -0.05) is 0 Å². The van der Waals surface area contributed by atoms with Gasteiger partial charge in [0.1, 0.15) is 5.75 Å². The molecule has 146 valence electrons. The fourth-order valence-electron chi connectivity index (χ4n) is 2.52. The molecule has 26 heavy (non-hydrogen) atoms. The second kappa shape index (κ2) is 12.7. The first-order valence-corrected chi connectivity index (χ1v) is 8.79. The fourth-order valence-corrected chi connectivity index (χ4v) is 2.52. The summed E-state index contributed by atoms with van der Waals surface area (Å²) in [6.07, 6.45) is 2.41. The molecule has 8 heteroatoms. The highest BCUT2D eigenvalue weighted by atomic mass is 127. The summed E-state index contributed by atoms with van der Waals surface area (Å²) in [7, 11) is 1.60. The number of hydrogen-bond donors (Lipinski definition) is 3. The normalized spacial score (nSPS) is 16.5. The van der Waals surface area contributed by atoms with Crippen LogP contribution in [0.5, 0.6) is 5.75 Å². The van der Waals surface area contributed by atoms with Crippen molar-refractivity contribution in [3.63, 3.8) is 0 Å². The highest BCUT2D eigenvalue weighted by Crippen LogP contribution is 2.12. The Morgan fingerprint density at radius 2 is 1.96 bits per heavy atom. The lowest BCUT2D eigenvalue weighted by Gasteiger charge is -2.13. The zero-order valence-electron chi connectivity index (χ0n) is 15.4. The van der Waals surface area contributed by atoms with Crippen molar-refractivity contribution in [1.29, 1.82) is 0 Å². The molecule has 0 aromatic heterocycles. The predicted molar refractivity (Wildman–Crippen MR) is 114 cm³/mol. The van der Waals surface area contributed by atoms with Crippen LogP contribution in [0, 0.1) is 0 Å². The summed E-state index contributed by atoms with van der Waals surface area (Å²) >= 11 is 0. The minimum absolute atomic E-state index is 0. The standard InChI is InChI=1S/C18H28N4O3.HI/c1-3-19-18(22-13-16-5-4-12-25-16)21-11-10-20-17(23)14-6-8-15(24-2)9-7-14;/h6-9,16H,3-5,10-13H2,1-2H3,(H,20,23)(H2,19,21,22);1H. The van der Waals surface area contributed by atoms with Crippen LogP contribution in [-0.4, -0.2) is 57.9 Å². The molecule has 1 unspecified atom stereocenters. The zero-order chi connectivity index (χ0) is 17.9. The summed E-state index contributed by atoms with van der Waals surface area (Å²) in [5.74, 6) is 1.37. The lowest BCUT2D eigenvalue weighted by molar-refractivity contribution is 0.0954. The molecule has 1 aliphatic heterocycles. The second-order valence-electron chi connectivity index (χ2n) is 5.77. The molecule has 0 saturated carbocycles. The molecule has 1 saturated heterocycles. The van der Waals surface area contributed by atoms with E-state index in [1.807, 2.05) is 6.92 Å². The zero-order valence-corrected chi connectivity index (χ0v) is 17.7. The van der Waals surface area contributed by atoms with E-state index in [1.54, 1.807) is 31.4 Å². The van der Waals surface area contributed by atoms with Crippen molar-refractivity contribution in [3.05, 3.63) is 29.8 Å². The first kappa shape index (κ1) is 22.5. The average Bonchev–Trinajstić information content (AvgIpc) is 3.16. The van der Waals surface area contributed by atoms with Crippen LogP contribution in [0.25, 0.3) is 0 Å². The molecule has 1 aromatic rings. The summed E-state index contributed by atoms with van der Waals surface area (Å²) in [5, 5.41) is 9.30. The van der Waals surface area contributed by atoms with Crippen LogP contribution in [0.4, 0.5) is 0 Å². The molecular weight excluding hydrogens is 447 g/mol. The van der Waals surface area contributed by atoms with Crippen molar-refractivity contribution in [2.45, 2.75) is 25.9 Å². The van der Waals surface area contributed by atoms with E-state index >= 15 is 0 Å². The van der Waals surface area contributed by atoms with E-state index in [-0.39, 0.29) is 36.0 Å². The molecule has 0 bridgehead atoms. The quantitative estimate of drug-likeness (QED) is 0.231. The van der Waals surface area contributed by atoms with Gasteiger partial charge < -0.3 is 25.4 Å². The van der Waals surface area contributed by atoms with Gasteiger partial charge in [-0.05, 0) is 44.0 Å². The average molecular weight is 476 g/mol. The number of hydrogen-bond acceptors (Lipinski definition) is 4. The van der Waals surface area contributed by atoms with Crippen molar-refractivity contribution in [1.82, 2.24) is 16.0 Å². The number of ether oxygens (including phenoxy) is 2. The maximum atomic E-state index is 12.1. The number of aliphatic imine (C=N–C) groups is 1. The molecule has 0 aliphatic carbocycles. The molecule has 2 rings (SSSR count). The maximum absolute atomic E-state index is 12.1. The van der Waals surface area contributed by atoms with Gasteiger partial charge in [0, 0.05) is 31.8 Å². The topological polar surface area (TPSA) is 84.0 Å². The van der Waals surface area contributed by atoms with E-state index in [4.69, 9.17) is 9.47 Å². The van der Waals surface area contributed by atoms with E-state index in [0.717, 1.165) is 37.7 Å². The van der Waals surface area contributed by atoms with Gasteiger partial charge in [0.25, 0.3) is 5.91 Å². The summed E-state index contributed by atoms with van der Waals surface area (Å²) in [4.78, 5) is 16.6. The highest BCUT2D eigenvalue weighted by Gasteiger charge is 2.14. The molecule has 1 atom stereocenters. The van der Waals surface area contributed by atoms with Crippen LogP contribution in [-0.2, 0) is 4.74 Å². The van der Waals surface area contributed by atoms with Crippen LogP contribution < -0.4 is 20.7 Å². The minimum Gasteiger partial charge on any atom is -0.497 e. The molecule has 7 nitrogen and oxygen atoms in total. The SMILES string of the molecule is CCNC(=NCC1CCCO1)NCCNC(=O)c1ccc(OC)cc1.I. The Morgan fingerprint density at radius 1 is 1.23 bits per heavy atom. The summed E-state index contributed by atoms with van der Waals surface area (Å²) in [5.41, 5.74) is 0.611. The van der Waals surface area contributed by atoms with Gasteiger partial charge in [-0.15, -0.1) is 24.0 Å². The second-order valence-corrected chi connectivity index (χ2v) is 5.77. The Hall–Kier alpha value is -1.55. The molecule has 1 aromatic carbocycles. The first-order valence-electron chi connectivity index (χ1n) is 8.79. The molecule has 1 fully saturated rings. The lowest BCUT2D eigenvalue weighted by atomic mass is 10.2. The number of carbonyl (C=O) groups excluding carboxylic acids is 1. The van der Waals surface area contributed by atoms with Gasteiger partial charge in [0.2, 0.25) is 0 Å². The van der Waals surface area contributed by atoms with Crippen molar-refractivity contribution < 1.29 is 14.3 Å². The summed E-state index contributed by atoms with van der Waals surface area (Å²) < 4.78 is 10.7. The third kappa shape index (κ3) is 7.77. The monoisotopic (exact) mass is 476 g/mol. The van der Waals surface area contributed by atoms with E-state index in [1.165, 1.54) is 0 Å². The molecule has 1 aliphatic rings. The maximum Gasteiger partial charge on any atom is 0.251 e. The largest absolute Gasteiger partial charge is 0.497 e. The first-order chi connectivity index (χ1) is 12.2. The van der Waals surface area contributed by atoms with Gasteiger partial charge in [0.05, 0.1) is 19.8 Å². The lowest BCUT2D eigenvalue weighted by Crippen LogP contribution is -2.42. The van der Waals surface area contributed by atoms with Gasteiger partial charge >= 0.3 is 0 Å². The number of carbonyl (C=O) groups is 1. The minimum atomic E-state index is -0.106. The number of nitrogens with zero attached hydrogens (tertiary/aromatic N) is 1. The third-order valence-electron chi connectivity index (χ3n) is 3.88. The molecule has 1 amide bonds. The Morgan fingerprint density at radius 3 is 2.58 bits per heavy atom. The Labute approximate surface area is 172 Å². The van der Waals surface area contributed by atoms with Crippen LogP contribution in [0.15, 0.2) is 29.3 Å². The third-order valence-corrected chi connectivity index (χ3v) is 3.88.